The van der Waals surface area contributed by atoms with Crippen molar-refractivity contribution in [2.45, 2.75) is 6.42 Å². The number of anilines is 1. The molecule has 0 bridgehead atoms. The molecule has 0 atom stereocenters. The number of hydrogen-bond donors (Lipinski definition) is 2. The van der Waals surface area contributed by atoms with E-state index in [1.54, 1.807) is 13.2 Å². The predicted molar refractivity (Wildman–Crippen MR) is 78.5 cm³/mol. The second-order valence-electron chi connectivity index (χ2n) is 4.49. The Morgan fingerprint density at radius 3 is 2.71 bits per heavy atom. The first-order valence-corrected chi connectivity index (χ1v) is 6.50. The van der Waals surface area contributed by atoms with Crippen LogP contribution in [0.15, 0.2) is 42.5 Å². The third kappa shape index (κ3) is 3.72. The van der Waals surface area contributed by atoms with E-state index in [0.29, 0.717) is 18.7 Å². The third-order valence-corrected chi connectivity index (χ3v) is 3.12. The summed E-state index contributed by atoms with van der Waals surface area (Å²) in [6, 6.07) is 11.7. The molecular weight excluding hydrogens is 273 g/mol. The van der Waals surface area contributed by atoms with Gasteiger partial charge in [0.15, 0.2) is 0 Å². The highest BCUT2D eigenvalue weighted by Gasteiger charge is 2.10. The Hall–Kier alpha value is -2.56. The van der Waals surface area contributed by atoms with Crippen LogP contribution in [0.2, 0.25) is 0 Å². The number of halogens is 1. The van der Waals surface area contributed by atoms with Crippen LogP contribution in [-0.2, 0) is 6.42 Å². The fourth-order valence-electron chi connectivity index (χ4n) is 2.05. The first kappa shape index (κ1) is 14.8. The maximum absolute atomic E-state index is 13.5. The monoisotopic (exact) mass is 289 g/mol. The topological polar surface area (TPSA) is 58.6 Å². The first-order valence-electron chi connectivity index (χ1n) is 6.50. The van der Waals surface area contributed by atoms with Gasteiger partial charge in [-0.05, 0) is 36.2 Å². The van der Waals surface area contributed by atoms with Gasteiger partial charge in [-0.15, -0.1) is 0 Å². The van der Waals surface area contributed by atoms with E-state index in [1.165, 1.54) is 12.1 Å². The van der Waals surface area contributed by atoms with Crippen molar-refractivity contribution in [1.82, 2.24) is 0 Å². The summed E-state index contributed by atoms with van der Waals surface area (Å²) in [5.41, 5.74) is 1.27. The summed E-state index contributed by atoms with van der Waals surface area (Å²) >= 11 is 0. The zero-order valence-corrected chi connectivity index (χ0v) is 11.6. The Morgan fingerprint density at radius 1 is 1.29 bits per heavy atom. The molecule has 5 heteroatoms. The zero-order valence-electron chi connectivity index (χ0n) is 11.6. The minimum atomic E-state index is -1.27. The summed E-state index contributed by atoms with van der Waals surface area (Å²) in [5.74, 6) is -1.20. The van der Waals surface area contributed by atoms with E-state index < -0.39 is 11.8 Å². The largest absolute Gasteiger partial charge is 0.496 e. The molecular formula is C16H16FNO3. The Kier molecular flexibility index (Phi) is 4.77. The maximum atomic E-state index is 13.5. The van der Waals surface area contributed by atoms with E-state index >= 15 is 0 Å². The highest BCUT2D eigenvalue weighted by atomic mass is 19.1. The average molecular weight is 289 g/mol. The second kappa shape index (κ2) is 6.74. The second-order valence-corrected chi connectivity index (χ2v) is 4.49. The van der Waals surface area contributed by atoms with Crippen molar-refractivity contribution in [3.05, 3.63) is 59.4 Å². The number of nitrogens with one attached hydrogen (secondary N) is 1. The molecule has 0 fully saturated rings. The molecule has 0 spiro atoms. The SMILES string of the molecule is COc1ccccc1CCNc1ccc(C(=O)O)c(F)c1. The number of aromatic carboxylic acids is 1. The number of carboxylic acids is 1. The summed E-state index contributed by atoms with van der Waals surface area (Å²) in [7, 11) is 1.62. The number of carboxylic acid groups (broad SMARTS) is 1. The van der Waals surface area contributed by atoms with Crippen molar-refractivity contribution in [2.24, 2.45) is 0 Å². The molecule has 0 aliphatic heterocycles. The molecule has 21 heavy (non-hydrogen) atoms. The van der Waals surface area contributed by atoms with Gasteiger partial charge in [-0.3, -0.25) is 0 Å². The van der Waals surface area contributed by atoms with Gasteiger partial charge in [0.1, 0.15) is 11.6 Å². The Morgan fingerprint density at radius 2 is 2.05 bits per heavy atom. The number of rotatable bonds is 6. The van der Waals surface area contributed by atoms with E-state index in [-0.39, 0.29) is 5.56 Å². The van der Waals surface area contributed by atoms with E-state index in [0.717, 1.165) is 11.3 Å². The van der Waals surface area contributed by atoms with Crippen molar-refractivity contribution >= 4 is 11.7 Å². The van der Waals surface area contributed by atoms with Crippen LogP contribution in [-0.4, -0.2) is 24.7 Å². The lowest BCUT2D eigenvalue weighted by Gasteiger charge is -2.10. The van der Waals surface area contributed by atoms with E-state index in [4.69, 9.17) is 9.84 Å². The number of carbonyl (C=O) groups is 1. The number of methoxy groups -OCH3 is 1. The van der Waals surface area contributed by atoms with Gasteiger partial charge in [0.25, 0.3) is 0 Å². The molecule has 0 saturated carbocycles. The predicted octanol–water partition coefficient (Wildman–Crippen LogP) is 3.19. The van der Waals surface area contributed by atoms with Crippen LogP contribution in [0.5, 0.6) is 5.75 Å². The molecule has 0 unspecified atom stereocenters. The van der Waals surface area contributed by atoms with Gasteiger partial charge in [-0.25, -0.2) is 9.18 Å². The maximum Gasteiger partial charge on any atom is 0.338 e. The van der Waals surface area contributed by atoms with Gasteiger partial charge in [-0.2, -0.15) is 0 Å². The summed E-state index contributed by atoms with van der Waals surface area (Å²) < 4.78 is 18.8. The zero-order chi connectivity index (χ0) is 15.2. The van der Waals surface area contributed by atoms with Gasteiger partial charge in [-0.1, -0.05) is 18.2 Å². The first-order chi connectivity index (χ1) is 10.1. The third-order valence-electron chi connectivity index (χ3n) is 3.12. The smallest absolute Gasteiger partial charge is 0.338 e. The van der Waals surface area contributed by atoms with Gasteiger partial charge in [0.05, 0.1) is 12.7 Å². The Balaban J connectivity index is 1.97. The van der Waals surface area contributed by atoms with Crippen molar-refractivity contribution in [3.63, 3.8) is 0 Å². The summed E-state index contributed by atoms with van der Waals surface area (Å²) in [6.07, 6.45) is 0.715. The quantitative estimate of drug-likeness (QED) is 0.857. The van der Waals surface area contributed by atoms with Crippen molar-refractivity contribution in [2.75, 3.05) is 19.0 Å². The van der Waals surface area contributed by atoms with Gasteiger partial charge in [0.2, 0.25) is 0 Å². The molecule has 0 aromatic heterocycles. The molecule has 0 radical (unpaired) electrons. The van der Waals surface area contributed by atoms with Gasteiger partial charge in [0, 0.05) is 12.2 Å². The molecule has 110 valence electrons. The summed E-state index contributed by atoms with van der Waals surface area (Å²) in [4.78, 5) is 10.7. The summed E-state index contributed by atoms with van der Waals surface area (Å²) in [5, 5.41) is 11.8. The van der Waals surface area contributed by atoms with E-state index in [9.17, 15) is 9.18 Å². The van der Waals surface area contributed by atoms with Gasteiger partial charge < -0.3 is 15.2 Å². The molecule has 0 saturated heterocycles. The highest BCUT2D eigenvalue weighted by Crippen LogP contribution is 2.19. The Labute approximate surface area is 122 Å². The highest BCUT2D eigenvalue weighted by molar-refractivity contribution is 5.88. The number of ether oxygens (including phenoxy) is 1. The molecule has 2 aromatic carbocycles. The van der Waals surface area contributed by atoms with Crippen LogP contribution in [0, 0.1) is 5.82 Å². The molecule has 0 aliphatic rings. The Bertz CT molecular complexity index is 643. The van der Waals surface area contributed by atoms with Crippen LogP contribution < -0.4 is 10.1 Å². The fraction of sp³-hybridized carbons (Fsp3) is 0.188. The number of hydrogen-bond acceptors (Lipinski definition) is 3. The van der Waals surface area contributed by atoms with Crippen LogP contribution in [0.25, 0.3) is 0 Å². The molecule has 2 rings (SSSR count). The average Bonchev–Trinajstić information content (AvgIpc) is 2.47. The lowest BCUT2D eigenvalue weighted by molar-refractivity contribution is 0.0692. The fourth-order valence-corrected chi connectivity index (χ4v) is 2.05. The van der Waals surface area contributed by atoms with Crippen LogP contribution in [0.1, 0.15) is 15.9 Å². The standard InChI is InChI=1S/C16H16FNO3/c1-21-15-5-3-2-4-11(15)8-9-18-12-6-7-13(16(19)20)14(17)10-12/h2-7,10,18H,8-9H2,1H3,(H,19,20). The summed E-state index contributed by atoms with van der Waals surface area (Å²) in [6.45, 7) is 0.590. The lowest BCUT2D eigenvalue weighted by Crippen LogP contribution is -2.07. The lowest BCUT2D eigenvalue weighted by atomic mass is 10.1. The number of para-hydroxylation sites is 1. The van der Waals surface area contributed by atoms with Gasteiger partial charge >= 0.3 is 5.97 Å². The van der Waals surface area contributed by atoms with E-state index in [2.05, 4.69) is 5.32 Å². The minimum absolute atomic E-state index is 0.328. The molecule has 0 aliphatic carbocycles. The van der Waals surface area contributed by atoms with Crippen molar-refractivity contribution in [1.29, 1.82) is 0 Å². The van der Waals surface area contributed by atoms with E-state index in [1.807, 2.05) is 24.3 Å². The molecule has 4 nitrogen and oxygen atoms in total. The van der Waals surface area contributed by atoms with Crippen LogP contribution in [0.4, 0.5) is 10.1 Å². The molecule has 2 aromatic rings. The van der Waals surface area contributed by atoms with Crippen molar-refractivity contribution < 1.29 is 19.0 Å². The molecule has 0 heterocycles. The van der Waals surface area contributed by atoms with Crippen molar-refractivity contribution in [3.8, 4) is 5.75 Å². The normalized spacial score (nSPS) is 10.2. The molecule has 2 N–H and O–H groups in total. The van der Waals surface area contributed by atoms with Crippen LogP contribution in [0.3, 0.4) is 0 Å². The number of benzene rings is 2. The minimum Gasteiger partial charge on any atom is -0.496 e. The molecule has 0 amide bonds. The van der Waals surface area contributed by atoms with Crippen LogP contribution >= 0.6 is 0 Å².